The molecule has 4 nitrogen and oxygen atoms in total. The van der Waals surface area contributed by atoms with Crippen LogP contribution in [0.4, 0.5) is 5.69 Å². The second-order valence-corrected chi connectivity index (χ2v) is 9.45. The first-order chi connectivity index (χ1) is 14.8. The van der Waals surface area contributed by atoms with Crippen LogP contribution in [0.3, 0.4) is 0 Å². The minimum Gasteiger partial charge on any atom is -0.383 e. The lowest BCUT2D eigenvalue weighted by Crippen LogP contribution is -2.31. The number of fused-ring (bicyclic) bond motifs is 1. The summed E-state index contributed by atoms with van der Waals surface area (Å²) in [6.45, 7) is 14.1. The highest BCUT2D eigenvalue weighted by molar-refractivity contribution is 6.33. The van der Waals surface area contributed by atoms with E-state index in [1.54, 1.807) is 0 Å². The molecule has 1 heterocycles. The van der Waals surface area contributed by atoms with Crippen molar-refractivity contribution in [1.82, 2.24) is 10.6 Å². The molecule has 0 fully saturated rings. The van der Waals surface area contributed by atoms with Crippen LogP contribution in [-0.4, -0.2) is 32.1 Å². The number of halogens is 1. The topological polar surface area (TPSA) is 53.2 Å². The summed E-state index contributed by atoms with van der Waals surface area (Å²) in [7, 11) is 0. The fourth-order valence-electron chi connectivity index (χ4n) is 3.22. The van der Waals surface area contributed by atoms with Crippen molar-refractivity contribution in [3.8, 4) is 0 Å². The fraction of sp³-hybridized carbons (Fsp3) is 0.577. The number of anilines is 1. The van der Waals surface area contributed by atoms with Gasteiger partial charge < -0.3 is 16.0 Å². The van der Waals surface area contributed by atoms with Crippen molar-refractivity contribution < 1.29 is 4.79 Å². The zero-order valence-electron chi connectivity index (χ0n) is 20.1. The van der Waals surface area contributed by atoms with Crippen molar-refractivity contribution >= 4 is 23.2 Å². The molecular formula is C26H42ClN3O. The minimum absolute atomic E-state index is 0.146. The summed E-state index contributed by atoms with van der Waals surface area (Å²) >= 11 is 6.33. The molecule has 1 aromatic carbocycles. The van der Waals surface area contributed by atoms with Gasteiger partial charge in [-0.2, -0.15) is 0 Å². The number of nitrogens with one attached hydrogen (secondary N) is 3. The third-order valence-electron chi connectivity index (χ3n) is 4.92. The predicted octanol–water partition coefficient (Wildman–Crippen LogP) is 5.91. The van der Waals surface area contributed by atoms with Crippen LogP contribution in [0.5, 0.6) is 0 Å². The van der Waals surface area contributed by atoms with Crippen LogP contribution in [0.2, 0.25) is 5.02 Å². The molecule has 0 spiro atoms. The van der Waals surface area contributed by atoms with Gasteiger partial charge in [-0.25, -0.2) is 0 Å². The van der Waals surface area contributed by atoms with Crippen molar-refractivity contribution in [2.45, 2.75) is 66.7 Å². The van der Waals surface area contributed by atoms with Crippen molar-refractivity contribution in [2.24, 2.45) is 5.41 Å². The molecule has 0 atom stereocenters. The lowest BCUT2D eigenvalue weighted by Gasteiger charge is -2.18. The van der Waals surface area contributed by atoms with Crippen LogP contribution in [0.15, 0.2) is 36.4 Å². The second kappa shape index (κ2) is 15.1. The van der Waals surface area contributed by atoms with E-state index in [9.17, 15) is 4.79 Å². The second-order valence-electron chi connectivity index (χ2n) is 9.04. The Morgan fingerprint density at radius 2 is 1.77 bits per heavy atom. The predicted molar refractivity (Wildman–Crippen MR) is 136 cm³/mol. The Hall–Kier alpha value is -1.78. The molecule has 0 bridgehead atoms. The Kier molecular flexibility index (Phi) is 13.3. The summed E-state index contributed by atoms with van der Waals surface area (Å²) in [5.74, 6) is 0.146. The quantitative estimate of drug-likeness (QED) is 0.343. The first kappa shape index (κ1) is 27.3. The monoisotopic (exact) mass is 447 g/mol. The largest absolute Gasteiger partial charge is 0.383 e. The molecule has 1 amide bonds. The lowest BCUT2D eigenvalue weighted by atomic mass is 9.97. The average Bonchev–Trinajstić information content (AvgIpc) is 2.97. The Labute approximate surface area is 194 Å². The van der Waals surface area contributed by atoms with Crippen LogP contribution in [0, 0.1) is 5.41 Å². The molecule has 0 saturated heterocycles. The molecule has 31 heavy (non-hydrogen) atoms. The summed E-state index contributed by atoms with van der Waals surface area (Å²) in [4.78, 5) is 11.2. The molecule has 174 valence electrons. The van der Waals surface area contributed by atoms with Gasteiger partial charge in [-0.3, -0.25) is 4.79 Å². The Bertz CT molecular complexity index is 720. The van der Waals surface area contributed by atoms with E-state index in [4.69, 9.17) is 11.6 Å². The Balaban J connectivity index is 0.000000330. The number of benzene rings is 1. The zero-order chi connectivity index (χ0) is 23.1. The van der Waals surface area contributed by atoms with Crippen LogP contribution < -0.4 is 16.0 Å². The lowest BCUT2D eigenvalue weighted by molar-refractivity contribution is -0.121. The van der Waals surface area contributed by atoms with Crippen LogP contribution in [0.25, 0.3) is 0 Å². The maximum absolute atomic E-state index is 11.2. The van der Waals surface area contributed by atoms with Gasteiger partial charge in [0.1, 0.15) is 0 Å². The molecule has 3 N–H and O–H groups in total. The molecule has 0 aliphatic carbocycles. The molecule has 0 aromatic heterocycles. The standard InChI is InChI=1S/C15H21ClN2.C11H21NO/c1-2-3-4-9-18-15-13-8-11-17-10-7-12(13)5-6-14(15)16;1-5-6-7-8-10(13)12-9-11(2,3)4/h2-3,5-6,17-18H,4,7-11H2,1H3;5-6H,7-9H2,1-4H3,(H,12,13)/b3-2-;6-5+. The maximum atomic E-state index is 11.2. The summed E-state index contributed by atoms with van der Waals surface area (Å²) in [5, 5.41) is 10.7. The third kappa shape index (κ3) is 12.0. The Morgan fingerprint density at radius 3 is 2.45 bits per heavy atom. The van der Waals surface area contributed by atoms with Crippen LogP contribution in [0.1, 0.15) is 65.0 Å². The van der Waals surface area contributed by atoms with E-state index in [2.05, 4.69) is 54.9 Å². The average molecular weight is 448 g/mol. The van der Waals surface area contributed by atoms with Crippen molar-refractivity contribution in [3.63, 3.8) is 0 Å². The van der Waals surface area contributed by atoms with E-state index in [1.165, 1.54) is 11.1 Å². The van der Waals surface area contributed by atoms with E-state index in [1.807, 2.05) is 32.1 Å². The number of carbonyl (C=O) groups is 1. The van der Waals surface area contributed by atoms with E-state index >= 15 is 0 Å². The van der Waals surface area contributed by atoms with E-state index in [0.717, 1.165) is 62.6 Å². The highest BCUT2D eigenvalue weighted by atomic mass is 35.5. The number of carbonyl (C=O) groups excluding carboxylic acids is 1. The molecule has 0 saturated carbocycles. The molecule has 0 unspecified atom stereocenters. The van der Waals surface area contributed by atoms with Crippen molar-refractivity contribution in [2.75, 3.05) is 31.5 Å². The zero-order valence-corrected chi connectivity index (χ0v) is 20.9. The summed E-state index contributed by atoms with van der Waals surface area (Å²) in [6, 6.07) is 4.19. The van der Waals surface area contributed by atoms with Gasteiger partial charge >= 0.3 is 0 Å². The summed E-state index contributed by atoms with van der Waals surface area (Å²) in [5.41, 5.74) is 4.14. The van der Waals surface area contributed by atoms with Gasteiger partial charge in [0.2, 0.25) is 5.91 Å². The number of hydrogen-bond donors (Lipinski definition) is 3. The number of rotatable bonds is 8. The molecule has 2 rings (SSSR count). The molecule has 5 heteroatoms. The number of amides is 1. The first-order valence-corrected chi connectivity index (χ1v) is 11.9. The van der Waals surface area contributed by atoms with Gasteiger partial charge in [0.25, 0.3) is 0 Å². The van der Waals surface area contributed by atoms with Crippen molar-refractivity contribution in [3.05, 3.63) is 52.6 Å². The maximum Gasteiger partial charge on any atom is 0.220 e. The molecule has 1 aliphatic heterocycles. The molecule has 1 aromatic rings. The van der Waals surface area contributed by atoms with Gasteiger partial charge in [0.05, 0.1) is 10.7 Å². The van der Waals surface area contributed by atoms with Gasteiger partial charge in [-0.1, -0.05) is 62.7 Å². The van der Waals surface area contributed by atoms with Gasteiger partial charge in [-0.05, 0) is 75.2 Å². The highest BCUT2D eigenvalue weighted by Gasteiger charge is 2.14. The van der Waals surface area contributed by atoms with Gasteiger partial charge in [0.15, 0.2) is 0 Å². The fourth-order valence-corrected chi connectivity index (χ4v) is 3.46. The number of hydrogen-bond acceptors (Lipinski definition) is 3. The Morgan fingerprint density at radius 1 is 1.10 bits per heavy atom. The molecule has 0 radical (unpaired) electrons. The van der Waals surface area contributed by atoms with Gasteiger partial charge in [-0.15, -0.1) is 0 Å². The molecular weight excluding hydrogens is 406 g/mol. The third-order valence-corrected chi connectivity index (χ3v) is 5.24. The minimum atomic E-state index is 0.146. The highest BCUT2D eigenvalue weighted by Crippen LogP contribution is 2.30. The van der Waals surface area contributed by atoms with Crippen LogP contribution in [-0.2, 0) is 17.6 Å². The van der Waals surface area contributed by atoms with Crippen molar-refractivity contribution in [1.29, 1.82) is 0 Å². The SMILES string of the molecule is C/C=C/CCC(=O)NCC(C)(C)C.C/C=C\CCNc1c(Cl)ccc2c1CCNCC2. The first-order valence-electron chi connectivity index (χ1n) is 11.5. The smallest absolute Gasteiger partial charge is 0.220 e. The van der Waals surface area contributed by atoms with Gasteiger partial charge in [0, 0.05) is 19.5 Å². The van der Waals surface area contributed by atoms with Crippen LogP contribution >= 0.6 is 11.6 Å². The van der Waals surface area contributed by atoms with E-state index in [-0.39, 0.29) is 11.3 Å². The van der Waals surface area contributed by atoms with E-state index in [0.29, 0.717) is 6.42 Å². The normalized spacial score (nSPS) is 14.0. The summed E-state index contributed by atoms with van der Waals surface area (Å²) < 4.78 is 0. The molecule has 1 aliphatic rings. The number of allylic oxidation sites excluding steroid dienone is 3. The summed E-state index contributed by atoms with van der Waals surface area (Å²) in [6.07, 6.45) is 12.9. The van der Waals surface area contributed by atoms with E-state index < -0.39 is 0 Å².